The van der Waals surface area contributed by atoms with Gasteiger partial charge in [0.15, 0.2) is 5.65 Å². The van der Waals surface area contributed by atoms with Gasteiger partial charge in [0, 0.05) is 16.6 Å². The summed E-state index contributed by atoms with van der Waals surface area (Å²) >= 11 is 6.14. The molecule has 37 heavy (non-hydrogen) atoms. The second-order valence-corrected chi connectivity index (χ2v) is 9.70. The van der Waals surface area contributed by atoms with E-state index >= 15 is 0 Å². The molecule has 1 fully saturated rings. The van der Waals surface area contributed by atoms with Crippen LogP contribution >= 0.6 is 11.6 Å². The fourth-order valence-corrected chi connectivity index (χ4v) is 4.68. The van der Waals surface area contributed by atoms with Crippen LogP contribution < -0.4 is 5.32 Å². The van der Waals surface area contributed by atoms with Crippen LogP contribution in [-0.2, 0) is 24.1 Å². The largest absolute Gasteiger partial charge is 0.417 e. The standard InChI is InChI=1S/C25H23ClF4N6O/c1-12-22-18(25(28,29)30)9-20(15-4-5-15)31-24(22)36(33-12)11-21(37)32-23-13(2)34-35(14(23)3)10-16-6-7-17(27)8-19(16)26/h6-9,15H,4-5,10-11H2,1-3H3,(H,32,37). The highest BCUT2D eigenvalue weighted by atomic mass is 35.5. The molecule has 3 heterocycles. The van der Waals surface area contributed by atoms with Crippen molar-refractivity contribution in [3.63, 3.8) is 0 Å². The molecule has 0 unspecified atom stereocenters. The van der Waals surface area contributed by atoms with E-state index in [4.69, 9.17) is 11.6 Å². The van der Waals surface area contributed by atoms with E-state index in [2.05, 4.69) is 20.5 Å². The van der Waals surface area contributed by atoms with E-state index < -0.39 is 23.5 Å². The molecule has 1 saturated carbocycles. The Morgan fingerprint density at radius 3 is 2.46 bits per heavy atom. The lowest BCUT2D eigenvalue weighted by atomic mass is 10.1. The van der Waals surface area contributed by atoms with Gasteiger partial charge < -0.3 is 5.32 Å². The monoisotopic (exact) mass is 534 g/mol. The molecule has 12 heteroatoms. The van der Waals surface area contributed by atoms with E-state index in [1.54, 1.807) is 24.6 Å². The molecule has 0 saturated heterocycles. The van der Waals surface area contributed by atoms with Crippen molar-refractivity contribution in [2.75, 3.05) is 5.32 Å². The molecule has 1 aliphatic carbocycles. The van der Waals surface area contributed by atoms with Crippen LogP contribution in [0.3, 0.4) is 0 Å². The van der Waals surface area contributed by atoms with Crippen LogP contribution in [0.15, 0.2) is 24.3 Å². The Hall–Kier alpha value is -3.47. The number of carbonyl (C=O) groups excluding carboxylic acids is 1. The molecular formula is C25H23ClF4N6O. The van der Waals surface area contributed by atoms with Crippen LogP contribution in [0.1, 0.15) is 52.7 Å². The molecule has 4 aromatic rings. The first-order valence-corrected chi connectivity index (χ1v) is 12.0. The predicted octanol–water partition coefficient (Wildman–Crippen LogP) is 5.93. The maximum atomic E-state index is 13.8. The zero-order valence-electron chi connectivity index (χ0n) is 20.2. The normalized spacial score (nSPS) is 13.9. The lowest BCUT2D eigenvalue weighted by molar-refractivity contribution is -0.136. The summed E-state index contributed by atoms with van der Waals surface area (Å²) in [5.41, 5.74) is 2.09. The number of halogens is 5. The Labute approximate surface area is 214 Å². The highest BCUT2D eigenvalue weighted by molar-refractivity contribution is 6.31. The lowest BCUT2D eigenvalue weighted by Crippen LogP contribution is -2.21. The smallest absolute Gasteiger partial charge is 0.321 e. The van der Waals surface area contributed by atoms with Gasteiger partial charge in [0.05, 0.1) is 40.3 Å². The van der Waals surface area contributed by atoms with E-state index in [0.29, 0.717) is 28.3 Å². The number of anilines is 1. The number of benzene rings is 1. The summed E-state index contributed by atoms with van der Waals surface area (Å²) in [5.74, 6) is -0.937. The maximum absolute atomic E-state index is 13.8. The fourth-order valence-electron chi connectivity index (χ4n) is 4.45. The quantitative estimate of drug-likeness (QED) is 0.311. The Morgan fingerprint density at radius 1 is 1.11 bits per heavy atom. The van der Waals surface area contributed by atoms with Crippen LogP contribution in [0.2, 0.25) is 5.02 Å². The predicted molar refractivity (Wildman–Crippen MR) is 130 cm³/mol. The highest BCUT2D eigenvalue weighted by Crippen LogP contribution is 2.43. The zero-order valence-corrected chi connectivity index (χ0v) is 21.0. The number of alkyl halides is 3. The summed E-state index contributed by atoms with van der Waals surface area (Å²) in [6.07, 6.45) is -2.99. The van der Waals surface area contributed by atoms with Gasteiger partial charge in [0.1, 0.15) is 12.4 Å². The van der Waals surface area contributed by atoms with E-state index in [-0.39, 0.29) is 40.8 Å². The zero-order chi connectivity index (χ0) is 26.6. The molecule has 1 aliphatic rings. The summed E-state index contributed by atoms with van der Waals surface area (Å²) in [6.45, 7) is 4.90. The Kier molecular flexibility index (Phi) is 6.21. The average molecular weight is 535 g/mol. The number of nitrogens with one attached hydrogen (secondary N) is 1. The second-order valence-electron chi connectivity index (χ2n) is 9.30. The second kappa shape index (κ2) is 9.13. The number of nitrogens with zero attached hydrogens (tertiary/aromatic N) is 5. The molecule has 0 aliphatic heterocycles. The summed E-state index contributed by atoms with van der Waals surface area (Å²) < 4.78 is 57.7. The maximum Gasteiger partial charge on any atom is 0.417 e. The minimum atomic E-state index is -4.57. The third kappa shape index (κ3) is 4.92. The highest BCUT2D eigenvalue weighted by Gasteiger charge is 2.37. The third-order valence-electron chi connectivity index (χ3n) is 6.47. The first-order chi connectivity index (χ1) is 17.4. The van der Waals surface area contributed by atoms with E-state index in [1.165, 1.54) is 23.7 Å². The van der Waals surface area contributed by atoms with Gasteiger partial charge in [-0.3, -0.25) is 9.48 Å². The van der Waals surface area contributed by atoms with Crippen molar-refractivity contribution in [3.8, 4) is 0 Å². The molecule has 0 atom stereocenters. The topological polar surface area (TPSA) is 77.6 Å². The molecule has 194 valence electrons. The first-order valence-electron chi connectivity index (χ1n) is 11.7. The van der Waals surface area contributed by atoms with Crippen LogP contribution in [0, 0.1) is 26.6 Å². The number of aromatic nitrogens is 5. The molecule has 3 aromatic heterocycles. The van der Waals surface area contributed by atoms with Gasteiger partial charge in [-0.05, 0) is 57.4 Å². The number of amides is 1. The number of rotatable bonds is 6. The molecule has 5 rings (SSSR count). The number of carbonyl (C=O) groups is 1. The Balaban J connectivity index is 1.41. The molecule has 1 N–H and O–H groups in total. The van der Waals surface area contributed by atoms with E-state index in [0.717, 1.165) is 18.9 Å². The number of pyridine rings is 1. The van der Waals surface area contributed by atoms with Crippen molar-refractivity contribution >= 4 is 34.2 Å². The SMILES string of the molecule is Cc1nn(Cc2ccc(F)cc2Cl)c(C)c1NC(=O)Cn1nc(C)c2c(C(F)(F)F)cc(C3CC3)nc21. The fraction of sp³-hybridized carbons (Fsp3) is 0.360. The van der Waals surface area contributed by atoms with Crippen molar-refractivity contribution < 1.29 is 22.4 Å². The van der Waals surface area contributed by atoms with Gasteiger partial charge >= 0.3 is 6.18 Å². The summed E-state index contributed by atoms with van der Waals surface area (Å²) in [7, 11) is 0. The lowest BCUT2D eigenvalue weighted by Gasteiger charge is -2.11. The molecule has 1 amide bonds. The van der Waals surface area contributed by atoms with Gasteiger partial charge in [-0.15, -0.1) is 0 Å². The molecular weight excluding hydrogens is 512 g/mol. The van der Waals surface area contributed by atoms with E-state index in [9.17, 15) is 22.4 Å². The molecule has 7 nitrogen and oxygen atoms in total. The molecule has 0 spiro atoms. The number of hydrogen-bond donors (Lipinski definition) is 1. The van der Waals surface area contributed by atoms with Crippen LogP contribution in [0.25, 0.3) is 11.0 Å². The molecule has 0 radical (unpaired) electrons. The number of hydrogen-bond acceptors (Lipinski definition) is 4. The molecule has 0 bridgehead atoms. The van der Waals surface area contributed by atoms with Gasteiger partial charge in [-0.2, -0.15) is 23.4 Å². The van der Waals surface area contributed by atoms with Crippen LogP contribution in [-0.4, -0.2) is 30.5 Å². The van der Waals surface area contributed by atoms with E-state index in [1.807, 2.05) is 0 Å². The summed E-state index contributed by atoms with van der Waals surface area (Å²) in [5, 5.41) is 11.6. The van der Waals surface area contributed by atoms with Gasteiger partial charge in [0.25, 0.3) is 0 Å². The van der Waals surface area contributed by atoms with Crippen LogP contribution in [0.5, 0.6) is 0 Å². The van der Waals surface area contributed by atoms with Gasteiger partial charge in [-0.1, -0.05) is 17.7 Å². The van der Waals surface area contributed by atoms with Gasteiger partial charge in [-0.25, -0.2) is 14.1 Å². The Morgan fingerprint density at radius 2 is 1.81 bits per heavy atom. The van der Waals surface area contributed by atoms with Crippen molar-refractivity contribution in [2.45, 2.75) is 58.8 Å². The minimum absolute atomic E-state index is 0.00580. The van der Waals surface area contributed by atoms with Crippen molar-refractivity contribution in [3.05, 3.63) is 69.0 Å². The van der Waals surface area contributed by atoms with Crippen LogP contribution in [0.4, 0.5) is 23.2 Å². The van der Waals surface area contributed by atoms with Crippen molar-refractivity contribution in [1.82, 2.24) is 24.5 Å². The van der Waals surface area contributed by atoms with Crippen molar-refractivity contribution in [2.24, 2.45) is 0 Å². The number of fused-ring (bicyclic) bond motifs is 1. The number of aryl methyl sites for hydroxylation is 2. The minimum Gasteiger partial charge on any atom is -0.321 e. The average Bonchev–Trinajstić information content (AvgIpc) is 3.57. The van der Waals surface area contributed by atoms with Gasteiger partial charge in [0.2, 0.25) is 5.91 Å². The molecule has 1 aromatic carbocycles. The summed E-state index contributed by atoms with van der Waals surface area (Å²) in [6, 6.07) is 5.19. The summed E-state index contributed by atoms with van der Waals surface area (Å²) in [4.78, 5) is 17.4. The van der Waals surface area contributed by atoms with Crippen molar-refractivity contribution in [1.29, 1.82) is 0 Å². The third-order valence-corrected chi connectivity index (χ3v) is 6.82. The Bertz CT molecular complexity index is 1540. The first kappa shape index (κ1) is 25.2.